The molecule has 1 aromatic rings. The second-order valence-corrected chi connectivity index (χ2v) is 5.30. The Kier molecular flexibility index (Phi) is 5.30. The second-order valence-electron chi connectivity index (χ2n) is 5.30. The summed E-state index contributed by atoms with van der Waals surface area (Å²) in [5.41, 5.74) is 0.0621. The van der Waals surface area contributed by atoms with Crippen molar-refractivity contribution in [1.82, 2.24) is 0 Å². The van der Waals surface area contributed by atoms with Crippen molar-refractivity contribution in [2.45, 2.75) is 45.9 Å². The standard InChI is InChI=1S/C14H19F2NO3/c1-9(12(18)20-14(2,3)4)17-10-5-7-11(8-6-10)19-13(15)16/h5-9,13,17H,1-4H3. The third-order valence-corrected chi connectivity index (χ3v) is 2.22. The zero-order valence-corrected chi connectivity index (χ0v) is 11.9. The molecule has 112 valence electrons. The SMILES string of the molecule is CC(Nc1ccc(OC(F)F)cc1)C(=O)OC(C)(C)C. The molecule has 0 amide bonds. The van der Waals surface area contributed by atoms with Crippen molar-refractivity contribution in [3.05, 3.63) is 24.3 Å². The van der Waals surface area contributed by atoms with E-state index in [1.54, 1.807) is 39.8 Å². The molecular formula is C14H19F2NO3. The molecule has 0 aliphatic rings. The van der Waals surface area contributed by atoms with Gasteiger partial charge in [-0.05, 0) is 52.0 Å². The van der Waals surface area contributed by atoms with E-state index in [1.165, 1.54) is 12.1 Å². The van der Waals surface area contributed by atoms with Gasteiger partial charge in [0.05, 0.1) is 0 Å². The van der Waals surface area contributed by atoms with Gasteiger partial charge in [0.15, 0.2) is 0 Å². The van der Waals surface area contributed by atoms with E-state index in [-0.39, 0.29) is 11.7 Å². The summed E-state index contributed by atoms with van der Waals surface area (Å²) in [6, 6.07) is 5.36. The van der Waals surface area contributed by atoms with Crippen LogP contribution in [-0.2, 0) is 9.53 Å². The number of benzene rings is 1. The average molecular weight is 287 g/mol. The molecule has 0 spiro atoms. The molecule has 1 rings (SSSR count). The normalized spacial score (nSPS) is 12.9. The Morgan fingerprint density at radius 1 is 1.20 bits per heavy atom. The maximum atomic E-state index is 12.0. The molecule has 1 atom stereocenters. The minimum absolute atomic E-state index is 0.0653. The van der Waals surface area contributed by atoms with Crippen LogP contribution in [0.2, 0.25) is 0 Å². The number of alkyl halides is 2. The molecule has 0 saturated heterocycles. The van der Waals surface area contributed by atoms with Crippen molar-refractivity contribution < 1.29 is 23.0 Å². The average Bonchev–Trinajstić information content (AvgIpc) is 2.28. The third-order valence-electron chi connectivity index (χ3n) is 2.22. The first-order chi connectivity index (χ1) is 9.17. The maximum absolute atomic E-state index is 12.0. The summed E-state index contributed by atoms with van der Waals surface area (Å²) in [6.45, 7) is 4.17. The fourth-order valence-electron chi connectivity index (χ4n) is 1.43. The van der Waals surface area contributed by atoms with E-state index in [0.29, 0.717) is 5.69 Å². The number of halogens is 2. The van der Waals surface area contributed by atoms with Crippen molar-refractivity contribution >= 4 is 11.7 Å². The zero-order chi connectivity index (χ0) is 15.3. The molecule has 1 aromatic carbocycles. The van der Waals surface area contributed by atoms with Gasteiger partial charge in [-0.15, -0.1) is 0 Å². The Hall–Kier alpha value is -1.85. The van der Waals surface area contributed by atoms with Gasteiger partial charge >= 0.3 is 12.6 Å². The summed E-state index contributed by atoms with van der Waals surface area (Å²) in [5.74, 6) is -0.319. The van der Waals surface area contributed by atoms with Crippen LogP contribution in [-0.4, -0.2) is 24.2 Å². The molecule has 0 aliphatic heterocycles. The number of hydrogen-bond acceptors (Lipinski definition) is 4. The first kappa shape index (κ1) is 16.2. The number of esters is 1. The highest BCUT2D eigenvalue weighted by molar-refractivity contribution is 5.79. The van der Waals surface area contributed by atoms with Crippen LogP contribution in [0, 0.1) is 0 Å². The Balaban J connectivity index is 2.58. The van der Waals surface area contributed by atoms with Gasteiger partial charge in [0.2, 0.25) is 0 Å². The topological polar surface area (TPSA) is 47.6 Å². The van der Waals surface area contributed by atoms with Crippen molar-refractivity contribution in [1.29, 1.82) is 0 Å². The highest BCUT2D eigenvalue weighted by Gasteiger charge is 2.21. The summed E-state index contributed by atoms with van der Waals surface area (Å²) < 4.78 is 33.4. The second kappa shape index (κ2) is 6.54. The molecule has 0 bridgehead atoms. The predicted octanol–water partition coefficient (Wildman–Crippen LogP) is 3.43. The predicted molar refractivity (Wildman–Crippen MR) is 72.0 cm³/mol. The summed E-state index contributed by atoms with van der Waals surface area (Å²) in [4.78, 5) is 11.8. The lowest BCUT2D eigenvalue weighted by Crippen LogP contribution is -2.34. The van der Waals surface area contributed by atoms with Crippen LogP contribution < -0.4 is 10.1 Å². The number of rotatable bonds is 5. The number of hydrogen-bond donors (Lipinski definition) is 1. The number of nitrogens with one attached hydrogen (secondary N) is 1. The van der Waals surface area contributed by atoms with E-state index in [9.17, 15) is 13.6 Å². The molecule has 1 N–H and O–H groups in total. The van der Waals surface area contributed by atoms with E-state index in [4.69, 9.17) is 4.74 Å². The molecule has 4 nitrogen and oxygen atoms in total. The Bertz CT molecular complexity index is 441. The number of anilines is 1. The van der Waals surface area contributed by atoms with Crippen molar-refractivity contribution in [2.24, 2.45) is 0 Å². The van der Waals surface area contributed by atoms with Gasteiger partial charge in [-0.1, -0.05) is 0 Å². The fraction of sp³-hybridized carbons (Fsp3) is 0.500. The lowest BCUT2D eigenvalue weighted by atomic mass is 10.2. The van der Waals surface area contributed by atoms with Crippen molar-refractivity contribution in [3.8, 4) is 5.75 Å². The molecule has 0 aliphatic carbocycles. The Morgan fingerprint density at radius 2 is 1.75 bits per heavy atom. The molecule has 6 heteroatoms. The zero-order valence-electron chi connectivity index (χ0n) is 11.9. The van der Waals surface area contributed by atoms with Crippen LogP contribution in [0.25, 0.3) is 0 Å². The molecule has 0 heterocycles. The maximum Gasteiger partial charge on any atom is 0.387 e. The van der Waals surface area contributed by atoms with E-state index in [0.717, 1.165) is 0 Å². The van der Waals surface area contributed by atoms with Crippen LogP contribution >= 0.6 is 0 Å². The molecule has 0 radical (unpaired) electrons. The van der Waals surface area contributed by atoms with Crippen LogP contribution in [0.4, 0.5) is 14.5 Å². The molecular weight excluding hydrogens is 268 g/mol. The summed E-state index contributed by atoms with van der Waals surface area (Å²) in [6.07, 6.45) is 0. The lowest BCUT2D eigenvalue weighted by molar-refractivity contribution is -0.155. The molecule has 1 unspecified atom stereocenters. The molecule has 0 fully saturated rings. The van der Waals surface area contributed by atoms with Crippen LogP contribution in [0.5, 0.6) is 5.75 Å². The molecule has 20 heavy (non-hydrogen) atoms. The lowest BCUT2D eigenvalue weighted by Gasteiger charge is -2.23. The third kappa shape index (κ3) is 5.86. The van der Waals surface area contributed by atoms with Gasteiger partial charge in [0.25, 0.3) is 0 Å². The van der Waals surface area contributed by atoms with E-state index in [2.05, 4.69) is 10.1 Å². The smallest absolute Gasteiger partial charge is 0.387 e. The minimum atomic E-state index is -2.85. The van der Waals surface area contributed by atoms with Gasteiger partial charge in [0, 0.05) is 5.69 Å². The quantitative estimate of drug-likeness (QED) is 0.843. The van der Waals surface area contributed by atoms with Crippen LogP contribution in [0.15, 0.2) is 24.3 Å². The van der Waals surface area contributed by atoms with Crippen LogP contribution in [0.3, 0.4) is 0 Å². The van der Waals surface area contributed by atoms with Gasteiger partial charge < -0.3 is 14.8 Å². The van der Waals surface area contributed by atoms with Gasteiger partial charge in [-0.2, -0.15) is 8.78 Å². The number of carbonyl (C=O) groups is 1. The largest absolute Gasteiger partial charge is 0.458 e. The number of carbonyl (C=O) groups excluding carboxylic acids is 1. The summed E-state index contributed by atoms with van der Waals surface area (Å²) in [5, 5.41) is 2.93. The van der Waals surface area contributed by atoms with Gasteiger partial charge in [-0.3, -0.25) is 0 Å². The van der Waals surface area contributed by atoms with Gasteiger partial charge in [-0.25, -0.2) is 4.79 Å². The summed E-state index contributed by atoms with van der Waals surface area (Å²) in [7, 11) is 0. The highest BCUT2D eigenvalue weighted by atomic mass is 19.3. The minimum Gasteiger partial charge on any atom is -0.458 e. The Morgan fingerprint density at radius 3 is 2.20 bits per heavy atom. The highest BCUT2D eigenvalue weighted by Crippen LogP contribution is 2.19. The van der Waals surface area contributed by atoms with Crippen molar-refractivity contribution in [3.63, 3.8) is 0 Å². The monoisotopic (exact) mass is 287 g/mol. The Labute approximate surface area is 117 Å². The van der Waals surface area contributed by atoms with E-state index in [1.807, 2.05) is 0 Å². The van der Waals surface area contributed by atoms with Crippen LogP contribution in [0.1, 0.15) is 27.7 Å². The first-order valence-electron chi connectivity index (χ1n) is 6.21. The van der Waals surface area contributed by atoms with Crippen molar-refractivity contribution in [2.75, 3.05) is 5.32 Å². The molecule has 0 saturated carbocycles. The molecule has 0 aromatic heterocycles. The summed E-state index contributed by atoms with van der Waals surface area (Å²) >= 11 is 0. The first-order valence-corrected chi connectivity index (χ1v) is 6.21. The van der Waals surface area contributed by atoms with Gasteiger partial charge in [0.1, 0.15) is 17.4 Å². The van der Waals surface area contributed by atoms with E-state index >= 15 is 0 Å². The number of ether oxygens (including phenoxy) is 2. The fourth-order valence-corrected chi connectivity index (χ4v) is 1.43. The van der Waals surface area contributed by atoms with E-state index < -0.39 is 18.3 Å².